The number of guanidine groups is 1. The zero-order valence-corrected chi connectivity index (χ0v) is 11.1. The second kappa shape index (κ2) is 6.50. The van der Waals surface area contributed by atoms with Crippen LogP contribution >= 0.6 is 15.9 Å². The average molecular weight is 285 g/mol. The standard InChI is InChI=1S/C11H17BrN4/c1-3-6-14-11(16-13)15-10-7-8(2)4-5-9(10)12/h4-5,7H,3,6,13H2,1-2H3,(H2,14,15,16). The lowest BCUT2D eigenvalue weighted by atomic mass is 10.2. The molecule has 0 heterocycles. The first-order valence-corrected chi connectivity index (χ1v) is 6.01. The van der Waals surface area contributed by atoms with Gasteiger partial charge in [-0.2, -0.15) is 0 Å². The minimum Gasteiger partial charge on any atom is -0.324 e. The Morgan fingerprint density at radius 2 is 2.25 bits per heavy atom. The van der Waals surface area contributed by atoms with Crippen molar-refractivity contribution in [3.05, 3.63) is 28.2 Å². The first-order valence-electron chi connectivity index (χ1n) is 5.21. The topological polar surface area (TPSA) is 62.4 Å². The maximum Gasteiger partial charge on any atom is 0.210 e. The fourth-order valence-electron chi connectivity index (χ4n) is 1.21. The maximum absolute atomic E-state index is 5.39. The van der Waals surface area contributed by atoms with Crippen LogP contribution in [0.15, 0.2) is 27.7 Å². The zero-order chi connectivity index (χ0) is 12.0. The summed E-state index contributed by atoms with van der Waals surface area (Å²) in [5.41, 5.74) is 4.68. The normalized spacial score (nSPS) is 11.4. The minimum absolute atomic E-state index is 0.577. The van der Waals surface area contributed by atoms with E-state index in [2.05, 4.69) is 38.6 Å². The second-order valence-electron chi connectivity index (χ2n) is 3.48. The Morgan fingerprint density at radius 1 is 1.50 bits per heavy atom. The van der Waals surface area contributed by atoms with Crippen molar-refractivity contribution in [1.82, 2.24) is 5.43 Å². The van der Waals surface area contributed by atoms with E-state index >= 15 is 0 Å². The molecule has 1 rings (SSSR count). The number of aryl methyl sites for hydroxylation is 1. The van der Waals surface area contributed by atoms with Gasteiger partial charge in [0.25, 0.3) is 0 Å². The van der Waals surface area contributed by atoms with E-state index in [4.69, 9.17) is 5.84 Å². The van der Waals surface area contributed by atoms with Crippen LogP contribution in [0, 0.1) is 6.92 Å². The molecule has 0 aliphatic heterocycles. The Morgan fingerprint density at radius 3 is 2.88 bits per heavy atom. The van der Waals surface area contributed by atoms with Crippen LogP contribution < -0.4 is 16.6 Å². The van der Waals surface area contributed by atoms with Crippen LogP contribution in [0.5, 0.6) is 0 Å². The van der Waals surface area contributed by atoms with Crippen molar-refractivity contribution in [2.45, 2.75) is 20.3 Å². The number of benzene rings is 1. The number of hydrogen-bond donors (Lipinski definition) is 3. The lowest BCUT2D eigenvalue weighted by Gasteiger charge is -2.11. The Balaban J connectivity index is 2.81. The van der Waals surface area contributed by atoms with E-state index in [-0.39, 0.29) is 0 Å². The molecule has 4 nitrogen and oxygen atoms in total. The highest BCUT2D eigenvalue weighted by Gasteiger charge is 2.02. The quantitative estimate of drug-likeness (QED) is 0.346. The maximum atomic E-state index is 5.39. The molecule has 0 saturated carbocycles. The van der Waals surface area contributed by atoms with Crippen LogP contribution in [0.25, 0.3) is 0 Å². The molecule has 16 heavy (non-hydrogen) atoms. The van der Waals surface area contributed by atoms with Crippen molar-refractivity contribution < 1.29 is 0 Å². The molecule has 0 unspecified atom stereocenters. The van der Waals surface area contributed by atoms with Gasteiger partial charge < -0.3 is 5.32 Å². The molecule has 5 heteroatoms. The van der Waals surface area contributed by atoms with Crippen LogP contribution in [0.3, 0.4) is 0 Å². The Kier molecular flexibility index (Phi) is 5.28. The van der Waals surface area contributed by atoms with Crippen LogP contribution in [-0.2, 0) is 0 Å². The van der Waals surface area contributed by atoms with Crippen LogP contribution in [-0.4, -0.2) is 12.5 Å². The smallest absolute Gasteiger partial charge is 0.210 e. The molecule has 0 atom stereocenters. The van der Waals surface area contributed by atoms with Gasteiger partial charge in [0.2, 0.25) is 5.96 Å². The Labute approximate surface area is 104 Å². The fourth-order valence-corrected chi connectivity index (χ4v) is 1.55. The molecule has 4 N–H and O–H groups in total. The van der Waals surface area contributed by atoms with E-state index in [9.17, 15) is 0 Å². The lowest BCUT2D eigenvalue weighted by Crippen LogP contribution is -2.36. The number of halogens is 1. The summed E-state index contributed by atoms with van der Waals surface area (Å²) >= 11 is 3.47. The number of nitrogens with two attached hydrogens (primary N) is 1. The zero-order valence-electron chi connectivity index (χ0n) is 9.55. The van der Waals surface area contributed by atoms with Crippen molar-refractivity contribution >= 4 is 27.6 Å². The van der Waals surface area contributed by atoms with E-state index in [1.165, 1.54) is 5.56 Å². The summed E-state index contributed by atoms with van der Waals surface area (Å²) in [6, 6.07) is 6.06. The van der Waals surface area contributed by atoms with Crippen molar-refractivity contribution in [3.63, 3.8) is 0 Å². The van der Waals surface area contributed by atoms with Gasteiger partial charge >= 0.3 is 0 Å². The third kappa shape index (κ3) is 3.83. The number of anilines is 1. The summed E-state index contributed by atoms with van der Waals surface area (Å²) in [6.07, 6.45) is 0.988. The predicted molar refractivity (Wildman–Crippen MR) is 72.4 cm³/mol. The summed E-state index contributed by atoms with van der Waals surface area (Å²) in [5, 5.41) is 3.14. The van der Waals surface area contributed by atoms with Crippen LogP contribution in [0.4, 0.5) is 5.69 Å². The molecule has 88 valence electrons. The highest BCUT2D eigenvalue weighted by molar-refractivity contribution is 9.10. The van der Waals surface area contributed by atoms with Crippen molar-refractivity contribution in [2.24, 2.45) is 10.8 Å². The molecule has 0 aromatic heterocycles. The second-order valence-corrected chi connectivity index (χ2v) is 4.34. The van der Waals surface area contributed by atoms with Gasteiger partial charge in [-0.05, 0) is 47.0 Å². The molecule has 0 fully saturated rings. The van der Waals surface area contributed by atoms with Gasteiger partial charge in [-0.1, -0.05) is 13.0 Å². The number of hydrazine groups is 1. The Bertz CT molecular complexity index is 376. The van der Waals surface area contributed by atoms with Gasteiger partial charge in [0.15, 0.2) is 0 Å². The third-order valence-electron chi connectivity index (χ3n) is 2.01. The van der Waals surface area contributed by atoms with E-state index in [0.29, 0.717) is 5.96 Å². The lowest BCUT2D eigenvalue weighted by molar-refractivity contribution is 0.905. The molecule has 0 aliphatic rings. The summed E-state index contributed by atoms with van der Waals surface area (Å²) in [5.74, 6) is 5.97. The highest BCUT2D eigenvalue weighted by atomic mass is 79.9. The SMILES string of the molecule is CCCN=C(NN)Nc1cc(C)ccc1Br. The molecule has 1 aromatic carbocycles. The van der Waals surface area contributed by atoms with Crippen molar-refractivity contribution in [3.8, 4) is 0 Å². The minimum atomic E-state index is 0.577. The first kappa shape index (κ1) is 13.0. The van der Waals surface area contributed by atoms with Crippen LogP contribution in [0.1, 0.15) is 18.9 Å². The predicted octanol–water partition coefficient (Wildman–Crippen LogP) is 2.40. The van der Waals surface area contributed by atoms with E-state index in [1.54, 1.807) is 0 Å². The number of rotatable bonds is 3. The van der Waals surface area contributed by atoms with Gasteiger partial charge in [0.05, 0.1) is 5.69 Å². The molecule has 0 bridgehead atoms. The van der Waals surface area contributed by atoms with Gasteiger partial charge in [-0.3, -0.25) is 10.4 Å². The molecule has 0 saturated heterocycles. The highest BCUT2D eigenvalue weighted by Crippen LogP contribution is 2.23. The fraction of sp³-hybridized carbons (Fsp3) is 0.364. The summed E-state index contributed by atoms with van der Waals surface area (Å²) in [7, 11) is 0. The molecular formula is C11H17BrN4. The van der Waals surface area contributed by atoms with Gasteiger partial charge in [-0.25, -0.2) is 5.84 Å². The van der Waals surface area contributed by atoms with Crippen molar-refractivity contribution in [1.29, 1.82) is 0 Å². The molecule has 0 radical (unpaired) electrons. The van der Waals surface area contributed by atoms with E-state index in [1.807, 2.05) is 25.1 Å². The van der Waals surface area contributed by atoms with Gasteiger partial charge in [0.1, 0.15) is 0 Å². The number of hydrogen-bond acceptors (Lipinski definition) is 2. The molecule has 1 aromatic rings. The van der Waals surface area contributed by atoms with E-state index in [0.717, 1.165) is 23.1 Å². The molecule has 0 spiro atoms. The molecule has 0 aliphatic carbocycles. The monoisotopic (exact) mass is 284 g/mol. The average Bonchev–Trinajstić information content (AvgIpc) is 2.28. The van der Waals surface area contributed by atoms with Gasteiger partial charge in [0, 0.05) is 11.0 Å². The largest absolute Gasteiger partial charge is 0.324 e. The first-order chi connectivity index (χ1) is 7.67. The molecule has 0 amide bonds. The number of nitrogens with zero attached hydrogens (tertiary/aromatic N) is 1. The summed E-state index contributed by atoms with van der Waals surface area (Å²) < 4.78 is 0.984. The van der Waals surface area contributed by atoms with Gasteiger partial charge in [-0.15, -0.1) is 0 Å². The van der Waals surface area contributed by atoms with Crippen molar-refractivity contribution in [2.75, 3.05) is 11.9 Å². The Hall–Kier alpha value is -1.07. The van der Waals surface area contributed by atoms with E-state index < -0.39 is 0 Å². The molecular weight excluding hydrogens is 268 g/mol. The van der Waals surface area contributed by atoms with Crippen LogP contribution in [0.2, 0.25) is 0 Å². The summed E-state index contributed by atoms with van der Waals surface area (Å²) in [4.78, 5) is 4.28. The number of nitrogens with one attached hydrogen (secondary N) is 2. The summed E-state index contributed by atoms with van der Waals surface area (Å²) in [6.45, 7) is 4.85. The third-order valence-corrected chi connectivity index (χ3v) is 2.70. The number of aliphatic imine (C=N–C) groups is 1.